The second kappa shape index (κ2) is 9.76. The summed E-state index contributed by atoms with van der Waals surface area (Å²) in [5.41, 5.74) is 0.350. The lowest BCUT2D eigenvalue weighted by molar-refractivity contribution is -0.154. The van der Waals surface area contributed by atoms with Crippen LogP contribution in [0.4, 0.5) is 0 Å². The fourth-order valence-electron chi connectivity index (χ4n) is 4.65. The quantitative estimate of drug-likeness (QED) is 0.423. The van der Waals surface area contributed by atoms with E-state index >= 15 is 0 Å². The summed E-state index contributed by atoms with van der Waals surface area (Å²) in [6.45, 7) is 1.54. The van der Waals surface area contributed by atoms with Crippen LogP contribution in [0.2, 0.25) is 10.0 Å². The van der Waals surface area contributed by atoms with Gasteiger partial charge in [0, 0.05) is 10.6 Å². The molecular formula is C25H24Cl2N2O5. The molecule has 0 unspecified atom stereocenters. The molecule has 3 atom stereocenters. The van der Waals surface area contributed by atoms with Crippen LogP contribution in [-0.2, 0) is 9.59 Å². The second-order valence-corrected chi connectivity index (χ2v) is 9.60. The van der Waals surface area contributed by atoms with Crippen LogP contribution in [0.5, 0.6) is 5.75 Å². The lowest BCUT2D eigenvalue weighted by Crippen LogP contribution is -2.52. The van der Waals surface area contributed by atoms with E-state index in [1.165, 1.54) is 25.3 Å². The third kappa shape index (κ3) is 4.55. The summed E-state index contributed by atoms with van der Waals surface area (Å²) < 4.78 is 5.12. The number of hydrogen-bond donors (Lipinski definition) is 0. The van der Waals surface area contributed by atoms with Crippen LogP contribution in [0, 0.1) is 17.8 Å². The van der Waals surface area contributed by atoms with Crippen LogP contribution in [0.3, 0.4) is 0 Å². The molecule has 178 valence electrons. The minimum atomic E-state index is -0.725. The molecule has 2 aromatic carbocycles. The van der Waals surface area contributed by atoms with Gasteiger partial charge < -0.3 is 4.74 Å². The van der Waals surface area contributed by atoms with Crippen molar-refractivity contribution in [3.63, 3.8) is 0 Å². The fourth-order valence-corrected chi connectivity index (χ4v) is 5.14. The molecular weight excluding hydrogens is 479 g/mol. The number of nitrogens with zero attached hydrogens (tertiary/aromatic N) is 2. The standard InChI is InChI=1S/C25H24Cl2N2O5/c1-14-3-9-18-20(11-14)25(33)29(24(18)32)28(23(31)19-10-6-16(26)12-21(19)27)13-22(30)15-4-7-17(34-2)8-5-15/h4-8,10,12,14,18,20H,3,9,11,13H2,1-2H3/t14-,18+,20+/m0/s1. The predicted molar refractivity (Wildman–Crippen MR) is 127 cm³/mol. The van der Waals surface area contributed by atoms with E-state index in [2.05, 4.69) is 0 Å². The Morgan fingerprint density at radius 3 is 2.35 bits per heavy atom. The summed E-state index contributed by atoms with van der Waals surface area (Å²) in [6.07, 6.45) is 1.97. The maximum atomic E-state index is 13.6. The second-order valence-electron chi connectivity index (χ2n) is 8.76. The minimum absolute atomic E-state index is 0.0393. The SMILES string of the molecule is COc1ccc(C(=O)CN(C(=O)c2ccc(Cl)cc2Cl)N2C(=O)[C@@H]3CC[C@H](C)C[C@H]3C2=O)cc1. The van der Waals surface area contributed by atoms with Crippen molar-refractivity contribution in [2.45, 2.75) is 26.2 Å². The van der Waals surface area contributed by atoms with E-state index < -0.39 is 41.9 Å². The van der Waals surface area contributed by atoms with Crippen molar-refractivity contribution in [1.82, 2.24) is 10.0 Å². The van der Waals surface area contributed by atoms with Gasteiger partial charge in [-0.05, 0) is 67.6 Å². The van der Waals surface area contributed by atoms with Crippen LogP contribution in [-0.4, -0.2) is 47.2 Å². The van der Waals surface area contributed by atoms with Crippen LogP contribution in [0.1, 0.15) is 46.9 Å². The van der Waals surface area contributed by atoms with Gasteiger partial charge in [0.25, 0.3) is 17.7 Å². The highest BCUT2D eigenvalue weighted by Gasteiger charge is 2.53. The molecule has 0 bridgehead atoms. The number of fused-ring (bicyclic) bond motifs is 1. The zero-order valence-electron chi connectivity index (χ0n) is 18.8. The van der Waals surface area contributed by atoms with Crippen LogP contribution in [0.25, 0.3) is 0 Å². The van der Waals surface area contributed by atoms with Gasteiger partial charge in [0.2, 0.25) is 0 Å². The van der Waals surface area contributed by atoms with Crippen molar-refractivity contribution in [3.05, 3.63) is 63.6 Å². The van der Waals surface area contributed by atoms with Crippen LogP contribution < -0.4 is 4.74 Å². The number of benzene rings is 2. The molecule has 1 aliphatic heterocycles. The van der Waals surface area contributed by atoms with E-state index in [1.54, 1.807) is 24.3 Å². The smallest absolute Gasteiger partial charge is 0.274 e. The van der Waals surface area contributed by atoms with E-state index in [9.17, 15) is 19.2 Å². The maximum Gasteiger partial charge on any atom is 0.274 e. The van der Waals surface area contributed by atoms with Gasteiger partial charge in [-0.25, -0.2) is 5.01 Å². The molecule has 1 heterocycles. The van der Waals surface area contributed by atoms with E-state index in [0.29, 0.717) is 35.1 Å². The number of rotatable bonds is 6. The summed E-state index contributed by atoms with van der Waals surface area (Å²) in [6, 6.07) is 10.7. The topological polar surface area (TPSA) is 84.0 Å². The number of amides is 3. The summed E-state index contributed by atoms with van der Waals surface area (Å²) in [4.78, 5) is 53.3. The number of hydrogen-bond acceptors (Lipinski definition) is 5. The van der Waals surface area contributed by atoms with E-state index in [4.69, 9.17) is 27.9 Å². The Labute approximate surface area is 207 Å². The largest absolute Gasteiger partial charge is 0.497 e. The van der Waals surface area contributed by atoms with Crippen LogP contribution >= 0.6 is 23.2 Å². The molecule has 0 spiro atoms. The zero-order chi connectivity index (χ0) is 24.6. The van der Waals surface area contributed by atoms with E-state index in [-0.39, 0.29) is 10.6 Å². The van der Waals surface area contributed by atoms with Crippen molar-refractivity contribution < 1.29 is 23.9 Å². The molecule has 34 heavy (non-hydrogen) atoms. The molecule has 0 N–H and O–H groups in total. The van der Waals surface area contributed by atoms with Gasteiger partial charge in [0.15, 0.2) is 5.78 Å². The number of Topliss-reactive ketones (excluding diaryl/α,β-unsaturated/α-hetero) is 1. The number of imide groups is 1. The maximum absolute atomic E-state index is 13.6. The van der Waals surface area contributed by atoms with Gasteiger partial charge in [-0.1, -0.05) is 30.1 Å². The minimum Gasteiger partial charge on any atom is -0.497 e. The highest BCUT2D eigenvalue weighted by molar-refractivity contribution is 6.36. The highest BCUT2D eigenvalue weighted by atomic mass is 35.5. The average Bonchev–Trinajstić information content (AvgIpc) is 3.06. The Morgan fingerprint density at radius 1 is 1.03 bits per heavy atom. The number of ether oxygens (including phenoxy) is 1. The Bertz CT molecular complexity index is 1150. The van der Waals surface area contributed by atoms with E-state index in [0.717, 1.165) is 16.4 Å². The molecule has 0 radical (unpaired) electrons. The Kier molecular flexibility index (Phi) is 6.96. The zero-order valence-corrected chi connectivity index (χ0v) is 20.3. The van der Waals surface area contributed by atoms with Crippen molar-refractivity contribution in [3.8, 4) is 5.75 Å². The summed E-state index contributed by atoms with van der Waals surface area (Å²) in [7, 11) is 1.51. The van der Waals surface area contributed by atoms with Gasteiger partial charge in [-0.2, -0.15) is 5.01 Å². The van der Waals surface area contributed by atoms with Crippen molar-refractivity contribution >= 4 is 46.7 Å². The molecule has 2 aliphatic rings. The fraction of sp³-hybridized carbons (Fsp3) is 0.360. The number of hydrazine groups is 1. The number of carbonyl (C=O) groups is 4. The molecule has 3 amide bonds. The lowest BCUT2D eigenvalue weighted by atomic mass is 9.76. The summed E-state index contributed by atoms with van der Waals surface area (Å²) >= 11 is 12.2. The van der Waals surface area contributed by atoms with Crippen molar-refractivity contribution in [1.29, 1.82) is 0 Å². The molecule has 1 saturated carbocycles. The number of carbonyl (C=O) groups excluding carboxylic acids is 4. The Hall–Kier alpha value is -2.90. The Balaban J connectivity index is 1.70. The van der Waals surface area contributed by atoms with Crippen LogP contribution in [0.15, 0.2) is 42.5 Å². The first-order valence-electron chi connectivity index (χ1n) is 11.0. The van der Waals surface area contributed by atoms with Gasteiger partial charge in [0.05, 0.1) is 29.5 Å². The molecule has 4 rings (SSSR count). The molecule has 2 fully saturated rings. The summed E-state index contributed by atoms with van der Waals surface area (Å²) in [5.74, 6) is -2.19. The van der Waals surface area contributed by atoms with Crippen molar-refractivity contribution in [2.75, 3.05) is 13.7 Å². The first kappa shape index (κ1) is 24.2. The average molecular weight is 503 g/mol. The third-order valence-corrected chi connectivity index (χ3v) is 7.05. The Morgan fingerprint density at radius 2 is 1.71 bits per heavy atom. The predicted octanol–water partition coefficient (Wildman–Crippen LogP) is 4.66. The third-order valence-electron chi connectivity index (χ3n) is 6.51. The first-order chi connectivity index (χ1) is 16.2. The molecule has 1 saturated heterocycles. The van der Waals surface area contributed by atoms with E-state index in [1.807, 2.05) is 6.92 Å². The summed E-state index contributed by atoms with van der Waals surface area (Å²) in [5, 5.41) is 2.18. The van der Waals surface area contributed by atoms with Gasteiger partial charge >= 0.3 is 0 Å². The molecule has 0 aromatic heterocycles. The lowest BCUT2D eigenvalue weighted by Gasteiger charge is -2.30. The molecule has 2 aromatic rings. The highest BCUT2D eigenvalue weighted by Crippen LogP contribution is 2.41. The number of methoxy groups -OCH3 is 1. The monoisotopic (exact) mass is 502 g/mol. The van der Waals surface area contributed by atoms with Gasteiger partial charge in [-0.15, -0.1) is 0 Å². The normalized spacial score (nSPS) is 21.9. The van der Waals surface area contributed by atoms with Crippen molar-refractivity contribution in [2.24, 2.45) is 17.8 Å². The first-order valence-corrected chi connectivity index (χ1v) is 11.8. The number of ketones is 1. The molecule has 9 heteroatoms. The number of halogens is 2. The van der Waals surface area contributed by atoms with Gasteiger partial charge in [0.1, 0.15) is 12.3 Å². The van der Waals surface area contributed by atoms with Gasteiger partial charge in [-0.3, -0.25) is 19.2 Å². The molecule has 1 aliphatic carbocycles. The molecule has 7 nitrogen and oxygen atoms in total.